The number of carbonyl (C=O) groups is 2. The quantitative estimate of drug-likeness (QED) is 0.848. The van der Waals surface area contributed by atoms with Crippen molar-refractivity contribution in [2.45, 2.75) is 13.3 Å². The van der Waals surface area contributed by atoms with Gasteiger partial charge in [-0.3, -0.25) is 9.59 Å². The van der Waals surface area contributed by atoms with Crippen molar-refractivity contribution in [2.75, 3.05) is 19.7 Å². The van der Waals surface area contributed by atoms with Crippen LogP contribution in [0.2, 0.25) is 0 Å². The second-order valence-corrected chi connectivity index (χ2v) is 6.42. The molecule has 2 unspecified atom stereocenters. The Balaban J connectivity index is 1.65. The molecule has 1 aliphatic heterocycles. The first-order valence-corrected chi connectivity index (χ1v) is 8.09. The summed E-state index contributed by atoms with van der Waals surface area (Å²) in [7, 11) is 0. The Labute approximate surface area is 143 Å². The molecule has 2 aromatic rings. The SMILES string of the molecule is CC1CC(C(=O)O)CN(C(=O)COc2ccc3ccc(=O)oc3c2)C1. The van der Waals surface area contributed by atoms with Crippen LogP contribution in [0.3, 0.4) is 0 Å². The normalized spacial score (nSPS) is 20.4. The Kier molecular flexibility index (Phi) is 4.74. The van der Waals surface area contributed by atoms with Crippen LogP contribution in [0.4, 0.5) is 0 Å². The highest BCUT2D eigenvalue weighted by atomic mass is 16.5. The molecule has 1 aliphatic rings. The van der Waals surface area contributed by atoms with Gasteiger partial charge in [0.05, 0.1) is 5.92 Å². The number of rotatable bonds is 4. The van der Waals surface area contributed by atoms with Crippen LogP contribution in [0, 0.1) is 11.8 Å². The molecule has 1 saturated heterocycles. The Bertz CT molecular complexity index is 858. The van der Waals surface area contributed by atoms with E-state index in [1.807, 2.05) is 6.92 Å². The summed E-state index contributed by atoms with van der Waals surface area (Å²) in [6.45, 7) is 2.47. The van der Waals surface area contributed by atoms with Crippen LogP contribution >= 0.6 is 0 Å². The number of likely N-dealkylation sites (tertiary alicyclic amines) is 1. The van der Waals surface area contributed by atoms with Gasteiger partial charge in [0.15, 0.2) is 6.61 Å². The van der Waals surface area contributed by atoms with E-state index in [0.717, 1.165) is 5.39 Å². The molecular weight excluding hydrogens is 326 g/mol. The van der Waals surface area contributed by atoms with Gasteiger partial charge in [-0.05, 0) is 30.5 Å². The maximum atomic E-state index is 12.3. The highest BCUT2D eigenvalue weighted by Crippen LogP contribution is 2.23. The van der Waals surface area contributed by atoms with Crippen molar-refractivity contribution in [3.63, 3.8) is 0 Å². The summed E-state index contributed by atoms with van der Waals surface area (Å²) in [4.78, 5) is 36.3. The van der Waals surface area contributed by atoms with E-state index >= 15 is 0 Å². The molecule has 1 fully saturated rings. The lowest BCUT2D eigenvalue weighted by atomic mass is 9.90. The summed E-state index contributed by atoms with van der Waals surface area (Å²) >= 11 is 0. The van der Waals surface area contributed by atoms with Crippen molar-refractivity contribution in [3.05, 3.63) is 40.8 Å². The minimum atomic E-state index is -0.880. The molecule has 1 aromatic carbocycles. The molecular formula is C18H19NO6. The number of aliphatic carboxylic acids is 1. The fourth-order valence-electron chi connectivity index (χ4n) is 3.10. The van der Waals surface area contributed by atoms with E-state index in [9.17, 15) is 19.5 Å². The lowest BCUT2D eigenvalue weighted by Crippen LogP contribution is -2.47. The Morgan fingerprint density at radius 2 is 2.04 bits per heavy atom. The number of amides is 1. The van der Waals surface area contributed by atoms with Gasteiger partial charge >= 0.3 is 11.6 Å². The van der Waals surface area contributed by atoms with Crippen LogP contribution in [-0.2, 0) is 9.59 Å². The van der Waals surface area contributed by atoms with Crippen LogP contribution in [0.5, 0.6) is 5.75 Å². The highest BCUT2D eigenvalue weighted by Gasteiger charge is 2.31. The van der Waals surface area contributed by atoms with Gasteiger partial charge < -0.3 is 19.2 Å². The maximum absolute atomic E-state index is 12.3. The van der Waals surface area contributed by atoms with Crippen molar-refractivity contribution in [2.24, 2.45) is 11.8 Å². The van der Waals surface area contributed by atoms with Gasteiger partial charge in [0.1, 0.15) is 11.3 Å². The van der Waals surface area contributed by atoms with Crippen molar-refractivity contribution >= 4 is 22.8 Å². The third-order valence-electron chi connectivity index (χ3n) is 4.32. The number of nitrogens with zero attached hydrogens (tertiary/aromatic N) is 1. The van der Waals surface area contributed by atoms with Crippen LogP contribution in [0.15, 0.2) is 39.5 Å². The molecule has 2 atom stereocenters. The van der Waals surface area contributed by atoms with Crippen molar-refractivity contribution in [1.29, 1.82) is 0 Å². The summed E-state index contributed by atoms with van der Waals surface area (Å²) in [6.07, 6.45) is 0.573. The molecule has 132 valence electrons. The monoisotopic (exact) mass is 345 g/mol. The maximum Gasteiger partial charge on any atom is 0.336 e. The minimum Gasteiger partial charge on any atom is -0.484 e. The molecule has 1 amide bonds. The minimum absolute atomic E-state index is 0.133. The molecule has 25 heavy (non-hydrogen) atoms. The molecule has 3 rings (SSSR count). The zero-order valence-electron chi connectivity index (χ0n) is 13.8. The summed E-state index contributed by atoms with van der Waals surface area (Å²) in [6, 6.07) is 7.97. The van der Waals surface area contributed by atoms with Gasteiger partial charge in [0, 0.05) is 30.6 Å². The van der Waals surface area contributed by atoms with Gasteiger partial charge in [-0.15, -0.1) is 0 Å². The summed E-state index contributed by atoms with van der Waals surface area (Å²) in [5.74, 6) is -1.13. The van der Waals surface area contributed by atoms with E-state index < -0.39 is 17.5 Å². The third-order valence-corrected chi connectivity index (χ3v) is 4.32. The Morgan fingerprint density at radius 1 is 1.28 bits per heavy atom. The van der Waals surface area contributed by atoms with Gasteiger partial charge in [0.25, 0.3) is 5.91 Å². The van der Waals surface area contributed by atoms with Crippen LogP contribution in [-0.4, -0.2) is 41.6 Å². The van der Waals surface area contributed by atoms with Gasteiger partial charge in [-0.25, -0.2) is 4.79 Å². The second-order valence-electron chi connectivity index (χ2n) is 6.42. The fraction of sp³-hybridized carbons (Fsp3) is 0.389. The lowest BCUT2D eigenvalue weighted by Gasteiger charge is -2.34. The number of carbonyl (C=O) groups excluding carboxylic acids is 1. The highest BCUT2D eigenvalue weighted by molar-refractivity contribution is 5.80. The molecule has 0 radical (unpaired) electrons. The molecule has 1 N–H and O–H groups in total. The number of ether oxygens (including phenoxy) is 1. The van der Waals surface area contributed by atoms with E-state index in [1.54, 1.807) is 24.3 Å². The van der Waals surface area contributed by atoms with Crippen molar-refractivity contribution in [3.8, 4) is 5.75 Å². The second kappa shape index (κ2) is 6.96. The molecule has 1 aromatic heterocycles. The first-order chi connectivity index (χ1) is 11.9. The average molecular weight is 345 g/mol. The Morgan fingerprint density at radius 3 is 2.80 bits per heavy atom. The molecule has 7 heteroatoms. The fourth-order valence-corrected chi connectivity index (χ4v) is 3.10. The van der Waals surface area contributed by atoms with E-state index in [4.69, 9.17) is 9.15 Å². The number of piperidine rings is 1. The van der Waals surface area contributed by atoms with Gasteiger partial charge in [-0.2, -0.15) is 0 Å². The topological polar surface area (TPSA) is 97.0 Å². The van der Waals surface area contributed by atoms with E-state index in [1.165, 1.54) is 11.0 Å². The van der Waals surface area contributed by atoms with Gasteiger partial charge in [0.2, 0.25) is 0 Å². The third kappa shape index (κ3) is 3.99. The first-order valence-electron chi connectivity index (χ1n) is 8.09. The van der Waals surface area contributed by atoms with Crippen LogP contribution < -0.4 is 10.4 Å². The lowest BCUT2D eigenvalue weighted by molar-refractivity contribution is -0.147. The molecule has 0 spiro atoms. The van der Waals surface area contributed by atoms with Gasteiger partial charge in [-0.1, -0.05) is 6.92 Å². The summed E-state index contributed by atoms with van der Waals surface area (Å²) in [5.41, 5.74) is -0.0715. The summed E-state index contributed by atoms with van der Waals surface area (Å²) < 4.78 is 10.6. The number of carboxylic acid groups (broad SMARTS) is 1. The molecule has 2 heterocycles. The van der Waals surface area contributed by atoms with Crippen LogP contribution in [0.25, 0.3) is 11.0 Å². The van der Waals surface area contributed by atoms with E-state index in [-0.39, 0.29) is 25.0 Å². The molecule has 0 aliphatic carbocycles. The number of hydrogen-bond acceptors (Lipinski definition) is 5. The van der Waals surface area contributed by atoms with Crippen LogP contribution in [0.1, 0.15) is 13.3 Å². The molecule has 0 bridgehead atoms. The number of fused-ring (bicyclic) bond motifs is 1. The zero-order valence-corrected chi connectivity index (χ0v) is 13.8. The predicted molar refractivity (Wildman–Crippen MR) is 89.5 cm³/mol. The Hall–Kier alpha value is -2.83. The molecule has 7 nitrogen and oxygen atoms in total. The smallest absolute Gasteiger partial charge is 0.336 e. The number of hydrogen-bond donors (Lipinski definition) is 1. The first kappa shape index (κ1) is 17.0. The average Bonchev–Trinajstić information content (AvgIpc) is 2.58. The number of benzene rings is 1. The molecule has 0 saturated carbocycles. The predicted octanol–water partition coefficient (Wildman–Crippen LogP) is 1.74. The van der Waals surface area contributed by atoms with E-state index in [2.05, 4.69) is 0 Å². The number of carboxylic acids is 1. The standard InChI is InChI=1S/C18H19NO6/c1-11-6-13(18(22)23)9-19(8-11)16(20)10-24-14-4-2-12-3-5-17(21)25-15(12)7-14/h2-5,7,11,13H,6,8-10H2,1H3,(H,22,23). The van der Waals surface area contributed by atoms with Crippen molar-refractivity contribution in [1.82, 2.24) is 4.90 Å². The van der Waals surface area contributed by atoms with E-state index in [0.29, 0.717) is 24.3 Å². The zero-order chi connectivity index (χ0) is 18.0. The van der Waals surface area contributed by atoms with Crippen molar-refractivity contribution < 1.29 is 23.8 Å². The summed E-state index contributed by atoms with van der Waals surface area (Å²) in [5, 5.41) is 9.94. The largest absolute Gasteiger partial charge is 0.484 e.